The van der Waals surface area contributed by atoms with Crippen molar-refractivity contribution in [3.8, 4) is 0 Å². The van der Waals surface area contributed by atoms with Crippen LogP contribution in [0.4, 0.5) is 22.7 Å². The van der Waals surface area contributed by atoms with E-state index in [0.29, 0.717) is 11.3 Å². The van der Waals surface area contributed by atoms with Gasteiger partial charge in [-0.1, -0.05) is 36.4 Å². The molecule has 2 N–H and O–H groups in total. The summed E-state index contributed by atoms with van der Waals surface area (Å²) in [6, 6.07) is 25.3. The fourth-order valence-corrected chi connectivity index (χ4v) is 2.57. The molecule has 3 aromatic carbocycles. The molecule has 3 rings (SSSR count). The van der Waals surface area contributed by atoms with Crippen LogP contribution in [0.15, 0.2) is 78.9 Å². The molecule has 0 amide bonds. The van der Waals surface area contributed by atoms with Crippen LogP contribution in [0.1, 0.15) is 10.4 Å². The fraction of sp³-hybridized carbons (Fsp3) is 0.0500. The molecule has 0 atom stereocenters. The lowest BCUT2D eigenvalue weighted by atomic mass is 10.1. The Morgan fingerprint density at radius 3 is 1.88 bits per heavy atom. The fourth-order valence-electron chi connectivity index (χ4n) is 2.57. The zero-order chi connectivity index (χ0) is 16.9. The van der Waals surface area contributed by atoms with Crippen LogP contribution in [-0.2, 0) is 4.74 Å². The van der Waals surface area contributed by atoms with Crippen molar-refractivity contribution in [1.29, 1.82) is 0 Å². The molecule has 0 aliphatic heterocycles. The second-order valence-corrected chi connectivity index (χ2v) is 5.27. The number of anilines is 4. The zero-order valence-corrected chi connectivity index (χ0v) is 13.3. The van der Waals surface area contributed by atoms with E-state index in [9.17, 15) is 4.79 Å². The monoisotopic (exact) mass is 318 g/mol. The number of hydrogen-bond donors (Lipinski definition) is 1. The van der Waals surface area contributed by atoms with E-state index in [-0.39, 0.29) is 0 Å². The standard InChI is InChI=1S/C20H18N2O2/c1-24-20(23)18-14-17(12-13-19(18)21)22(15-8-4-2-5-9-15)16-10-6-3-7-11-16/h2-14H,21H2,1H3. The number of hydrogen-bond acceptors (Lipinski definition) is 4. The van der Waals surface area contributed by atoms with Gasteiger partial charge in [-0.05, 0) is 42.5 Å². The van der Waals surface area contributed by atoms with E-state index in [2.05, 4.69) is 4.90 Å². The van der Waals surface area contributed by atoms with Crippen LogP contribution in [0.25, 0.3) is 0 Å². The topological polar surface area (TPSA) is 55.6 Å². The van der Waals surface area contributed by atoms with Gasteiger partial charge in [0.15, 0.2) is 0 Å². The summed E-state index contributed by atoms with van der Waals surface area (Å²) in [6.45, 7) is 0. The van der Waals surface area contributed by atoms with E-state index in [0.717, 1.165) is 17.1 Å². The molecule has 120 valence electrons. The van der Waals surface area contributed by atoms with Crippen LogP contribution in [-0.4, -0.2) is 13.1 Å². The summed E-state index contributed by atoms with van der Waals surface area (Å²) in [7, 11) is 1.35. The normalized spacial score (nSPS) is 10.2. The van der Waals surface area contributed by atoms with Crippen molar-refractivity contribution in [2.24, 2.45) is 0 Å². The van der Waals surface area contributed by atoms with Gasteiger partial charge >= 0.3 is 5.97 Å². The van der Waals surface area contributed by atoms with Crippen molar-refractivity contribution in [2.75, 3.05) is 17.7 Å². The molecule has 4 heteroatoms. The number of esters is 1. The first-order chi connectivity index (χ1) is 11.7. The molecule has 0 aliphatic rings. The third-order valence-corrected chi connectivity index (χ3v) is 3.73. The summed E-state index contributed by atoms with van der Waals surface area (Å²) in [5.74, 6) is -0.449. The third kappa shape index (κ3) is 3.08. The summed E-state index contributed by atoms with van der Waals surface area (Å²) < 4.78 is 4.83. The molecule has 0 saturated carbocycles. The molecule has 4 nitrogen and oxygen atoms in total. The van der Waals surface area contributed by atoms with Crippen LogP contribution < -0.4 is 10.6 Å². The van der Waals surface area contributed by atoms with Gasteiger partial charge in [0.05, 0.1) is 12.7 Å². The van der Waals surface area contributed by atoms with Gasteiger partial charge in [-0.25, -0.2) is 4.79 Å². The smallest absolute Gasteiger partial charge is 0.340 e. The van der Waals surface area contributed by atoms with Crippen LogP contribution >= 0.6 is 0 Å². The first-order valence-electron chi connectivity index (χ1n) is 7.59. The Morgan fingerprint density at radius 2 is 1.38 bits per heavy atom. The number of methoxy groups -OCH3 is 1. The largest absolute Gasteiger partial charge is 0.465 e. The molecule has 0 unspecified atom stereocenters. The summed E-state index contributed by atoms with van der Waals surface area (Å²) in [4.78, 5) is 14.0. The van der Waals surface area contributed by atoms with E-state index in [1.54, 1.807) is 12.1 Å². The molecule has 0 spiro atoms. The first-order valence-corrected chi connectivity index (χ1v) is 7.59. The number of benzene rings is 3. The van der Waals surface area contributed by atoms with Crippen LogP contribution in [0, 0.1) is 0 Å². The molecule has 0 saturated heterocycles. The average molecular weight is 318 g/mol. The summed E-state index contributed by atoms with van der Waals surface area (Å²) in [5.41, 5.74) is 9.49. The van der Waals surface area contributed by atoms with Crippen molar-refractivity contribution < 1.29 is 9.53 Å². The van der Waals surface area contributed by atoms with Crippen LogP contribution in [0.2, 0.25) is 0 Å². The number of para-hydroxylation sites is 2. The number of carbonyl (C=O) groups excluding carboxylic acids is 1. The lowest BCUT2D eigenvalue weighted by Gasteiger charge is -2.26. The first kappa shape index (κ1) is 15.6. The highest BCUT2D eigenvalue weighted by atomic mass is 16.5. The van der Waals surface area contributed by atoms with E-state index in [1.807, 2.05) is 66.7 Å². The molecule has 3 aromatic rings. The van der Waals surface area contributed by atoms with E-state index >= 15 is 0 Å². The minimum absolute atomic E-state index is 0.354. The van der Waals surface area contributed by atoms with Crippen molar-refractivity contribution in [3.63, 3.8) is 0 Å². The second kappa shape index (κ2) is 6.87. The number of ether oxygens (including phenoxy) is 1. The van der Waals surface area contributed by atoms with E-state index in [4.69, 9.17) is 10.5 Å². The molecule has 24 heavy (non-hydrogen) atoms. The van der Waals surface area contributed by atoms with Gasteiger partial charge in [0, 0.05) is 22.7 Å². The highest BCUT2D eigenvalue weighted by Crippen LogP contribution is 2.35. The maximum atomic E-state index is 12.0. The number of nitrogens with two attached hydrogens (primary N) is 1. The van der Waals surface area contributed by atoms with Gasteiger partial charge in [0.25, 0.3) is 0 Å². The molecule has 0 aromatic heterocycles. The summed E-state index contributed by atoms with van der Waals surface area (Å²) in [5, 5.41) is 0. The van der Waals surface area contributed by atoms with Crippen molar-refractivity contribution in [1.82, 2.24) is 0 Å². The number of carbonyl (C=O) groups is 1. The lowest BCUT2D eigenvalue weighted by Crippen LogP contribution is -2.12. The maximum Gasteiger partial charge on any atom is 0.340 e. The molecular weight excluding hydrogens is 300 g/mol. The molecule has 0 heterocycles. The quantitative estimate of drug-likeness (QED) is 0.567. The van der Waals surface area contributed by atoms with Gasteiger partial charge < -0.3 is 15.4 Å². The summed E-state index contributed by atoms with van der Waals surface area (Å²) >= 11 is 0. The lowest BCUT2D eigenvalue weighted by molar-refractivity contribution is 0.0602. The molecule has 0 fully saturated rings. The minimum atomic E-state index is -0.449. The number of nitrogens with zero attached hydrogens (tertiary/aromatic N) is 1. The predicted molar refractivity (Wildman–Crippen MR) is 96.9 cm³/mol. The predicted octanol–water partition coefficient (Wildman–Crippen LogP) is 4.53. The Morgan fingerprint density at radius 1 is 0.833 bits per heavy atom. The Hall–Kier alpha value is -3.27. The Bertz CT molecular complexity index is 793. The average Bonchev–Trinajstić information content (AvgIpc) is 2.64. The van der Waals surface area contributed by atoms with Gasteiger partial charge in [-0.2, -0.15) is 0 Å². The summed E-state index contributed by atoms with van der Waals surface area (Å²) in [6.07, 6.45) is 0. The van der Waals surface area contributed by atoms with Crippen LogP contribution in [0.3, 0.4) is 0 Å². The highest BCUT2D eigenvalue weighted by molar-refractivity contribution is 5.97. The molecule has 0 bridgehead atoms. The number of nitrogen functional groups attached to an aromatic ring is 1. The van der Waals surface area contributed by atoms with Gasteiger partial charge in [-0.3, -0.25) is 0 Å². The highest BCUT2D eigenvalue weighted by Gasteiger charge is 2.16. The third-order valence-electron chi connectivity index (χ3n) is 3.73. The van der Waals surface area contributed by atoms with Crippen LogP contribution in [0.5, 0.6) is 0 Å². The van der Waals surface area contributed by atoms with E-state index < -0.39 is 5.97 Å². The Labute approximate surface area is 141 Å². The molecule has 0 aliphatic carbocycles. The van der Waals surface area contributed by atoms with E-state index in [1.165, 1.54) is 7.11 Å². The van der Waals surface area contributed by atoms with Gasteiger partial charge in [0.1, 0.15) is 0 Å². The number of rotatable bonds is 4. The Balaban J connectivity index is 2.15. The molecular formula is C20H18N2O2. The zero-order valence-electron chi connectivity index (χ0n) is 13.3. The van der Waals surface area contributed by atoms with Crippen molar-refractivity contribution in [3.05, 3.63) is 84.4 Å². The van der Waals surface area contributed by atoms with Gasteiger partial charge in [0.2, 0.25) is 0 Å². The minimum Gasteiger partial charge on any atom is -0.465 e. The van der Waals surface area contributed by atoms with Gasteiger partial charge in [-0.15, -0.1) is 0 Å². The van der Waals surface area contributed by atoms with Crippen molar-refractivity contribution in [2.45, 2.75) is 0 Å². The second-order valence-electron chi connectivity index (χ2n) is 5.27. The van der Waals surface area contributed by atoms with Crippen molar-refractivity contribution >= 4 is 28.7 Å². The SMILES string of the molecule is COC(=O)c1cc(N(c2ccccc2)c2ccccc2)ccc1N. The Kier molecular flexibility index (Phi) is 4.47. The maximum absolute atomic E-state index is 12.0. The molecule has 0 radical (unpaired) electrons.